The highest BCUT2D eigenvalue weighted by Gasteiger charge is 2.30. The molecule has 14 nitrogen and oxygen atoms in total. The van der Waals surface area contributed by atoms with Crippen LogP contribution in [0.2, 0.25) is 0 Å². The van der Waals surface area contributed by atoms with Gasteiger partial charge in [0, 0.05) is 58.9 Å². The van der Waals surface area contributed by atoms with Gasteiger partial charge in [0.2, 0.25) is 17.7 Å². The Morgan fingerprint density at radius 2 is 1.78 bits per heavy atom. The van der Waals surface area contributed by atoms with E-state index in [2.05, 4.69) is 25.5 Å². The van der Waals surface area contributed by atoms with Crippen LogP contribution in [0.15, 0.2) is 30.6 Å². The maximum atomic E-state index is 15.6. The number of ether oxygens (including phenoxy) is 1. The first-order chi connectivity index (χ1) is 22.0. The van der Waals surface area contributed by atoms with Crippen LogP contribution in [-0.2, 0) is 42.3 Å². The van der Waals surface area contributed by atoms with Gasteiger partial charge in [-0.05, 0) is 43.5 Å². The van der Waals surface area contributed by atoms with Gasteiger partial charge in [0.05, 0.1) is 36.4 Å². The quantitative estimate of drug-likeness (QED) is 0.234. The first-order valence-electron chi connectivity index (χ1n) is 14.9. The number of benzene rings is 1. The van der Waals surface area contributed by atoms with E-state index < -0.39 is 23.6 Å². The number of aromatic nitrogens is 5. The number of ketones is 1. The molecule has 3 amide bonds. The fraction of sp³-hybridized carbons (Fsp3) is 0.419. The lowest BCUT2D eigenvalue weighted by Crippen LogP contribution is -2.40. The Morgan fingerprint density at radius 1 is 1.04 bits per heavy atom. The van der Waals surface area contributed by atoms with E-state index in [0.717, 1.165) is 5.52 Å². The Kier molecular flexibility index (Phi) is 9.68. The van der Waals surface area contributed by atoms with Crippen molar-refractivity contribution in [3.8, 4) is 11.1 Å². The predicted molar refractivity (Wildman–Crippen MR) is 168 cm³/mol. The average molecular weight is 639 g/mol. The monoisotopic (exact) mass is 638 g/mol. The summed E-state index contributed by atoms with van der Waals surface area (Å²) in [7, 11) is 2.97. The number of pyridine rings is 1. The molecule has 15 heteroatoms. The summed E-state index contributed by atoms with van der Waals surface area (Å²) in [4.78, 5) is 66.6. The van der Waals surface area contributed by atoms with Crippen molar-refractivity contribution in [2.45, 2.75) is 45.1 Å². The molecular formula is C31H39FN8O6. The Morgan fingerprint density at radius 3 is 2.50 bits per heavy atom. The minimum Gasteiger partial charge on any atom is -0.468 e. The molecule has 0 atom stereocenters. The van der Waals surface area contributed by atoms with Crippen LogP contribution in [-0.4, -0.2) is 92.2 Å². The highest BCUT2D eigenvalue weighted by Crippen LogP contribution is 2.39. The summed E-state index contributed by atoms with van der Waals surface area (Å²) >= 11 is 0. The van der Waals surface area contributed by atoms with Gasteiger partial charge in [0.1, 0.15) is 24.7 Å². The number of halogens is 1. The Hall–Kier alpha value is -5.21. The van der Waals surface area contributed by atoms with Gasteiger partial charge < -0.3 is 25.1 Å². The number of nitrogens with one attached hydrogen (secondary N) is 2. The van der Waals surface area contributed by atoms with Crippen molar-refractivity contribution in [1.29, 1.82) is 0 Å². The molecule has 0 bridgehead atoms. The van der Waals surface area contributed by atoms with Crippen molar-refractivity contribution in [3.05, 3.63) is 42.1 Å². The van der Waals surface area contributed by atoms with Crippen LogP contribution in [0, 0.1) is 5.82 Å². The Balaban J connectivity index is 0.00000312. The topological polar surface area (TPSA) is 170 Å². The minimum atomic E-state index is -0.623. The summed E-state index contributed by atoms with van der Waals surface area (Å²) < 4.78 is 23.2. The van der Waals surface area contributed by atoms with Gasteiger partial charge in [-0.15, -0.1) is 0 Å². The van der Waals surface area contributed by atoms with Crippen molar-refractivity contribution in [2.24, 2.45) is 7.05 Å². The number of hydrogen-bond donors (Lipinski definition) is 2. The maximum Gasteiger partial charge on any atom is 0.325 e. The van der Waals surface area contributed by atoms with E-state index in [4.69, 9.17) is 5.10 Å². The summed E-state index contributed by atoms with van der Waals surface area (Å²) in [6.07, 6.45) is 4.63. The number of hydrogen-bond acceptors (Lipinski definition) is 9. The number of Topliss-reactive ketones (excluding diaryl/α,β-unsaturated/α-hetero) is 1. The zero-order chi connectivity index (χ0) is 33.0. The van der Waals surface area contributed by atoms with Gasteiger partial charge >= 0.3 is 5.97 Å². The molecule has 246 valence electrons. The summed E-state index contributed by atoms with van der Waals surface area (Å²) in [5, 5.41) is 15.2. The molecule has 0 saturated carbocycles. The molecule has 1 aromatic carbocycles. The van der Waals surface area contributed by atoms with Crippen LogP contribution >= 0.6 is 0 Å². The normalized spacial score (nSPS) is 13.6. The molecule has 1 aliphatic rings. The molecule has 3 aromatic heterocycles. The molecule has 0 unspecified atom stereocenters. The Bertz CT molecular complexity index is 1840. The largest absolute Gasteiger partial charge is 0.468 e. The number of piperidine rings is 1. The van der Waals surface area contributed by atoms with Gasteiger partial charge in [0.15, 0.2) is 5.65 Å². The molecule has 0 spiro atoms. The van der Waals surface area contributed by atoms with E-state index in [-0.39, 0.29) is 52.9 Å². The molecule has 1 aliphatic heterocycles. The molecule has 0 radical (unpaired) electrons. The average Bonchev–Trinajstić information content (AvgIpc) is 3.60. The number of carbonyl (C=O) groups excluding carboxylic acids is 5. The Labute approximate surface area is 266 Å². The lowest BCUT2D eigenvalue weighted by Gasteiger charge is -2.31. The molecule has 5 rings (SSSR count). The maximum absolute atomic E-state index is 15.6. The van der Waals surface area contributed by atoms with Crippen LogP contribution in [0.4, 0.5) is 4.39 Å². The molecular weight excluding hydrogens is 599 g/mol. The highest BCUT2D eigenvalue weighted by atomic mass is 19.1. The van der Waals surface area contributed by atoms with Gasteiger partial charge in [-0.2, -0.15) is 10.2 Å². The third-order valence-electron chi connectivity index (χ3n) is 8.11. The minimum absolute atomic E-state index is 0. The fourth-order valence-electron chi connectivity index (χ4n) is 5.64. The number of methoxy groups -OCH3 is 1. The van der Waals surface area contributed by atoms with Crippen molar-refractivity contribution < 1.29 is 36.0 Å². The molecule has 2 N–H and O–H groups in total. The second kappa shape index (κ2) is 13.8. The van der Waals surface area contributed by atoms with E-state index in [1.165, 1.54) is 31.0 Å². The van der Waals surface area contributed by atoms with Crippen molar-refractivity contribution in [2.75, 3.05) is 33.3 Å². The first-order valence-corrected chi connectivity index (χ1v) is 14.9. The van der Waals surface area contributed by atoms with Crippen LogP contribution < -0.4 is 10.6 Å². The first kappa shape index (κ1) is 32.2. The smallest absolute Gasteiger partial charge is 0.325 e. The summed E-state index contributed by atoms with van der Waals surface area (Å²) in [5.74, 6) is -2.41. The van der Waals surface area contributed by atoms with Gasteiger partial charge in [-0.3, -0.25) is 23.9 Å². The third-order valence-corrected chi connectivity index (χ3v) is 8.11. The number of esters is 1. The van der Waals surface area contributed by atoms with Gasteiger partial charge in [-0.1, -0.05) is 0 Å². The molecule has 46 heavy (non-hydrogen) atoms. The summed E-state index contributed by atoms with van der Waals surface area (Å²) in [6, 6.07) is 4.87. The third kappa shape index (κ3) is 7.03. The number of nitrogens with zero attached hydrogens (tertiary/aromatic N) is 6. The lowest BCUT2D eigenvalue weighted by molar-refractivity contribution is -0.141. The van der Waals surface area contributed by atoms with E-state index in [9.17, 15) is 24.0 Å². The van der Waals surface area contributed by atoms with E-state index in [1.807, 2.05) is 0 Å². The van der Waals surface area contributed by atoms with E-state index in [0.29, 0.717) is 59.2 Å². The predicted octanol–water partition coefficient (Wildman–Crippen LogP) is 2.10. The van der Waals surface area contributed by atoms with Crippen molar-refractivity contribution in [3.63, 3.8) is 0 Å². The van der Waals surface area contributed by atoms with Crippen molar-refractivity contribution in [1.82, 2.24) is 40.1 Å². The molecule has 4 aromatic rings. The second-order valence-corrected chi connectivity index (χ2v) is 11.2. The zero-order valence-corrected chi connectivity index (χ0v) is 25.8. The highest BCUT2D eigenvalue weighted by molar-refractivity contribution is 5.98. The number of aryl methyl sites for hydroxylation is 1. The molecule has 0 aliphatic carbocycles. The van der Waals surface area contributed by atoms with Crippen molar-refractivity contribution >= 4 is 51.4 Å². The SMILES string of the molecule is COC(=O)CNC(=O)CNC(=O)Cn1nc(C2CCN(C(=O)CCC(C)=O)CC2)c2c(-c3cc4c(cnn4C)cc3F)ccnc21.[HH].[HH]. The van der Waals surface area contributed by atoms with Crippen LogP contribution in [0.25, 0.3) is 33.1 Å². The van der Waals surface area contributed by atoms with Crippen LogP contribution in [0.3, 0.4) is 0 Å². The number of rotatable bonds is 11. The number of carbonyl (C=O) groups is 5. The number of fused-ring (bicyclic) bond motifs is 2. The number of amides is 3. The lowest BCUT2D eigenvalue weighted by atomic mass is 9.89. The summed E-state index contributed by atoms with van der Waals surface area (Å²) in [6.45, 7) is 1.41. The second-order valence-electron chi connectivity index (χ2n) is 11.2. The number of likely N-dealkylation sites (tertiary alicyclic amines) is 1. The molecule has 1 saturated heterocycles. The van der Waals surface area contributed by atoms with E-state index in [1.54, 1.807) is 35.0 Å². The summed E-state index contributed by atoms with van der Waals surface area (Å²) in [5.41, 5.74) is 2.60. The standard InChI is InChI=1S/C31H35FN8O6.2H2/c1-18(41)4-5-27(44)39-10-7-19(8-11-39)30-29-21(22-13-24-20(12-23(22)32)14-36-38(24)2)6-9-33-31(29)40(37-30)17-26(43)34-15-25(42)35-16-28(45)46-3;;/h6,9,12-14,19H,4-5,7-8,10-11,15-17H2,1-3H3,(H,34,43)(H,35,42);2*1H. The van der Waals surface area contributed by atoms with E-state index >= 15 is 4.39 Å². The fourth-order valence-corrected chi connectivity index (χ4v) is 5.64. The zero-order valence-electron chi connectivity index (χ0n) is 25.8. The molecule has 1 fully saturated rings. The van der Waals surface area contributed by atoms with Gasteiger partial charge in [0.25, 0.3) is 0 Å². The van der Waals surface area contributed by atoms with Crippen LogP contribution in [0.5, 0.6) is 0 Å². The van der Waals surface area contributed by atoms with Crippen LogP contribution in [0.1, 0.15) is 47.1 Å². The van der Waals surface area contributed by atoms with Gasteiger partial charge in [-0.25, -0.2) is 14.1 Å². The molecule has 4 heterocycles.